The van der Waals surface area contributed by atoms with Gasteiger partial charge in [0.25, 0.3) is 0 Å². The summed E-state index contributed by atoms with van der Waals surface area (Å²) >= 11 is 6.15. The van der Waals surface area contributed by atoms with E-state index in [1.54, 1.807) is 24.1 Å². The van der Waals surface area contributed by atoms with Gasteiger partial charge < -0.3 is 5.32 Å². The molecule has 2 heterocycles. The van der Waals surface area contributed by atoms with E-state index in [9.17, 15) is 14.9 Å². The lowest BCUT2D eigenvalue weighted by atomic mass is 9.46. The number of nitrogens with zero attached hydrogens (tertiary/aromatic N) is 5. The highest BCUT2D eigenvalue weighted by Gasteiger charge is 2.59. The van der Waals surface area contributed by atoms with E-state index in [4.69, 9.17) is 11.6 Å². The van der Waals surface area contributed by atoms with E-state index < -0.39 is 4.92 Å². The molecule has 4 bridgehead atoms. The smallest absolute Gasteiger partial charge is 0.307 e. The maximum atomic E-state index is 12.9. The minimum absolute atomic E-state index is 0.0239. The van der Waals surface area contributed by atoms with Gasteiger partial charge in [0.05, 0.1) is 33.9 Å². The first-order valence-corrected chi connectivity index (χ1v) is 10.8. The van der Waals surface area contributed by atoms with Crippen LogP contribution >= 0.6 is 11.6 Å². The number of hydrogen-bond acceptors (Lipinski definition) is 5. The highest BCUT2D eigenvalue weighted by molar-refractivity contribution is 6.31. The number of carbonyl (C=O) groups is 1. The molecule has 2 atom stereocenters. The zero-order valence-corrected chi connectivity index (χ0v) is 17.6. The number of halogens is 1. The molecule has 0 radical (unpaired) electrons. The number of amides is 1. The van der Waals surface area contributed by atoms with Crippen molar-refractivity contribution in [3.05, 3.63) is 39.4 Å². The van der Waals surface area contributed by atoms with Gasteiger partial charge in [-0.05, 0) is 55.8 Å². The van der Waals surface area contributed by atoms with E-state index in [2.05, 4.69) is 15.5 Å². The van der Waals surface area contributed by atoms with Gasteiger partial charge in [0.15, 0.2) is 0 Å². The molecule has 30 heavy (non-hydrogen) atoms. The molecule has 2 aromatic heterocycles. The minimum Gasteiger partial charge on any atom is -0.350 e. The Labute approximate surface area is 178 Å². The molecule has 4 fully saturated rings. The van der Waals surface area contributed by atoms with Gasteiger partial charge >= 0.3 is 5.69 Å². The van der Waals surface area contributed by atoms with E-state index >= 15 is 0 Å². The Bertz CT molecular complexity index is 981. The lowest BCUT2D eigenvalue weighted by Gasteiger charge is -2.61. The summed E-state index contributed by atoms with van der Waals surface area (Å²) in [6.45, 7) is 0.355. The largest absolute Gasteiger partial charge is 0.350 e. The first-order chi connectivity index (χ1) is 14.3. The average molecular weight is 433 g/mol. The molecule has 0 aromatic carbocycles. The molecule has 4 saturated carbocycles. The van der Waals surface area contributed by atoms with Crippen molar-refractivity contribution in [2.24, 2.45) is 24.3 Å². The molecular formula is C20H25ClN6O3. The van der Waals surface area contributed by atoms with Crippen LogP contribution in [0.4, 0.5) is 5.69 Å². The summed E-state index contributed by atoms with van der Waals surface area (Å²) in [5, 5.41) is 23.2. The van der Waals surface area contributed by atoms with Crippen LogP contribution < -0.4 is 5.32 Å². The van der Waals surface area contributed by atoms with E-state index in [0.29, 0.717) is 29.8 Å². The van der Waals surface area contributed by atoms with Gasteiger partial charge in [-0.2, -0.15) is 10.2 Å². The van der Waals surface area contributed by atoms with Crippen molar-refractivity contribution in [3.63, 3.8) is 0 Å². The molecule has 160 valence electrons. The monoisotopic (exact) mass is 432 g/mol. The molecule has 0 aliphatic heterocycles. The summed E-state index contributed by atoms with van der Waals surface area (Å²) in [7, 11) is 1.81. The molecule has 2 unspecified atom stereocenters. The van der Waals surface area contributed by atoms with Gasteiger partial charge in [-0.1, -0.05) is 11.6 Å². The van der Waals surface area contributed by atoms with Crippen molar-refractivity contribution in [2.75, 3.05) is 0 Å². The van der Waals surface area contributed by atoms with E-state index in [-0.39, 0.29) is 22.5 Å². The third-order valence-electron chi connectivity index (χ3n) is 7.42. The highest BCUT2D eigenvalue weighted by Crippen LogP contribution is 2.65. The van der Waals surface area contributed by atoms with Crippen LogP contribution in [0, 0.1) is 27.4 Å². The molecule has 1 N–H and O–H groups in total. The number of rotatable bonds is 6. The Kier molecular flexibility index (Phi) is 4.43. The van der Waals surface area contributed by atoms with E-state index in [0.717, 1.165) is 37.8 Å². The van der Waals surface area contributed by atoms with E-state index in [1.807, 2.05) is 4.68 Å². The minimum atomic E-state index is -0.392. The predicted molar refractivity (Wildman–Crippen MR) is 109 cm³/mol. The quantitative estimate of drug-likeness (QED) is 0.557. The average Bonchev–Trinajstić information content (AvgIpc) is 3.27. The molecule has 9 nitrogen and oxygen atoms in total. The fourth-order valence-electron chi connectivity index (χ4n) is 6.76. The number of aromatic nitrogens is 4. The Hall–Kier alpha value is -2.42. The van der Waals surface area contributed by atoms with E-state index in [1.165, 1.54) is 12.6 Å². The molecule has 1 amide bonds. The number of aryl methyl sites for hydroxylation is 1. The summed E-state index contributed by atoms with van der Waals surface area (Å²) in [5.41, 5.74) is 0.552. The summed E-state index contributed by atoms with van der Waals surface area (Å²) in [6.07, 6.45) is 11.1. The topological polar surface area (TPSA) is 108 Å². The maximum Gasteiger partial charge on any atom is 0.307 e. The maximum absolute atomic E-state index is 12.9. The summed E-state index contributed by atoms with van der Waals surface area (Å²) in [6, 6.07) is 0. The first kappa shape index (κ1) is 19.5. The molecule has 10 heteroatoms. The van der Waals surface area contributed by atoms with Crippen LogP contribution in [0.1, 0.15) is 50.6 Å². The van der Waals surface area contributed by atoms with Crippen molar-refractivity contribution in [1.29, 1.82) is 0 Å². The zero-order valence-electron chi connectivity index (χ0n) is 16.9. The molecule has 0 spiro atoms. The summed E-state index contributed by atoms with van der Waals surface area (Å²) in [4.78, 5) is 23.6. The fourth-order valence-corrected chi connectivity index (χ4v) is 7.00. The van der Waals surface area contributed by atoms with Crippen LogP contribution in [0.15, 0.2) is 18.6 Å². The fraction of sp³-hybridized carbons (Fsp3) is 0.650. The van der Waals surface area contributed by atoms with Gasteiger partial charge in [-0.15, -0.1) is 0 Å². The summed E-state index contributed by atoms with van der Waals surface area (Å²) in [5.74, 6) is 1.12. The van der Waals surface area contributed by atoms with Gasteiger partial charge in [0, 0.05) is 13.5 Å². The number of carbonyl (C=O) groups excluding carboxylic acids is 1. The number of hydrogen-bond donors (Lipinski definition) is 1. The van der Waals surface area contributed by atoms with Crippen molar-refractivity contribution in [3.8, 4) is 0 Å². The normalized spacial score (nSPS) is 31.8. The van der Waals surface area contributed by atoms with Crippen LogP contribution in [-0.4, -0.2) is 30.4 Å². The first-order valence-electron chi connectivity index (χ1n) is 10.4. The Morgan fingerprint density at radius 3 is 2.63 bits per heavy atom. The highest BCUT2D eigenvalue weighted by atomic mass is 35.5. The standard InChI is InChI=1S/C20H25ClN6O3/c1-25-17(16(21)9-23-25)10-22-18(28)7-19-3-13-2-14(4-19)6-20(5-13,12-19)26-11-15(8-24-26)27(29)30/h8-9,11,13-14H,2-7,10,12H2,1H3,(H,22,28). The van der Waals surface area contributed by atoms with Crippen LogP contribution in [0.3, 0.4) is 0 Å². The van der Waals surface area contributed by atoms with Crippen molar-refractivity contribution in [2.45, 2.75) is 57.0 Å². The van der Waals surface area contributed by atoms with Gasteiger partial charge in [0.2, 0.25) is 5.91 Å². The Morgan fingerprint density at radius 2 is 2.03 bits per heavy atom. The molecule has 4 aliphatic rings. The molecule has 0 saturated heterocycles. The van der Waals surface area contributed by atoms with Crippen LogP contribution in [0.2, 0.25) is 5.02 Å². The predicted octanol–water partition coefficient (Wildman–Crippen LogP) is 3.18. The molecule has 6 rings (SSSR count). The van der Waals surface area contributed by atoms with Gasteiger partial charge in [0.1, 0.15) is 12.4 Å². The third-order valence-corrected chi connectivity index (χ3v) is 7.73. The van der Waals surface area contributed by atoms with Crippen molar-refractivity contribution >= 4 is 23.2 Å². The SMILES string of the molecule is Cn1ncc(Cl)c1CNC(=O)CC12CC3CC(C1)CC(n1cc([N+](=O)[O-])cn1)(C3)C2. The second kappa shape index (κ2) is 6.80. The van der Waals surface area contributed by atoms with Gasteiger partial charge in [-0.3, -0.25) is 24.3 Å². The molecule has 4 aliphatic carbocycles. The Morgan fingerprint density at radius 1 is 1.30 bits per heavy atom. The van der Waals surface area contributed by atoms with Crippen molar-refractivity contribution in [1.82, 2.24) is 24.9 Å². The molecular weight excluding hydrogens is 408 g/mol. The van der Waals surface area contributed by atoms with Crippen LogP contribution in [-0.2, 0) is 23.9 Å². The number of nitro groups is 1. The second-order valence-corrected chi connectivity index (χ2v) is 10.0. The molecule has 2 aromatic rings. The summed E-state index contributed by atoms with van der Waals surface area (Å²) < 4.78 is 3.51. The second-order valence-electron chi connectivity index (χ2n) is 9.60. The van der Waals surface area contributed by atoms with Gasteiger partial charge in [-0.25, -0.2) is 0 Å². The Balaban J connectivity index is 1.34. The number of nitrogens with one attached hydrogen (secondary N) is 1. The lowest BCUT2D eigenvalue weighted by molar-refractivity contribution is -0.385. The van der Waals surface area contributed by atoms with Crippen LogP contribution in [0.5, 0.6) is 0 Å². The zero-order chi connectivity index (χ0) is 21.1. The van der Waals surface area contributed by atoms with Crippen LogP contribution in [0.25, 0.3) is 0 Å². The lowest BCUT2D eigenvalue weighted by Crippen LogP contribution is -2.57. The van der Waals surface area contributed by atoms with Crippen molar-refractivity contribution < 1.29 is 9.72 Å². The third kappa shape index (κ3) is 3.19.